The highest BCUT2D eigenvalue weighted by Crippen LogP contribution is 2.33. The van der Waals surface area contributed by atoms with E-state index in [0.717, 1.165) is 10.6 Å². The number of non-ortho nitro benzene ring substituents is 1. The lowest BCUT2D eigenvalue weighted by atomic mass is 10.1. The van der Waals surface area contributed by atoms with Gasteiger partial charge in [-0.1, -0.05) is 0 Å². The standard InChI is InChI=1S/C19H12FN5O5/c20-12-7-9(18(21)26)1-4-14(12)24-15(5-6-16(24)19(27)28)17-11-8-10(25(29)30)2-3-13(11)22-23-17/h1-8H,(H2,21,26)(H,22,23)(H,27,28). The molecule has 2 aromatic carbocycles. The molecule has 2 aromatic heterocycles. The zero-order chi connectivity index (χ0) is 21.6. The van der Waals surface area contributed by atoms with Gasteiger partial charge in [-0.25, -0.2) is 9.18 Å². The number of nitro groups is 1. The molecular weight excluding hydrogens is 397 g/mol. The maximum Gasteiger partial charge on any atom is 0.352 e. The molecule has 4 aromatic rings. The molecule has 2 heterocycles. The number of carbonyl (C=O) groups is 2. The first kappa shape index (κ1) is 18.8. The van der Waals surface area contributed by atoms with Crippen LogP contribution in [-0.4, -0.2) is 36.7 Å². The van der Waals surface area contributed by atoms with Gasteiger partial charge in [0.2, 0.25) is 5.91 Å². The fourth-order valence-electron chi connectivity index (χ4n) is 3.20. The van der Waals surface area contributed by atoms with Crippen molar-refractivity contribution < 1.29 is 24.0 Å². The summed E-state index contributed by atoms with van der Waals surface area (Å²) in [5.74, 6) is -3.04. The number of H-pyrrole nitrogens is 1. The highest BCUT2D eigenvalue weighted by atomic mass is 19.1. The van der Waals surface area contributed by atoms with Crippen molar-refractivity contribution >= 4 is 28.5 Å². The molecule has 30 heavy (non-hydrogen) atoms. The van der Waals surface area contributed by atoms with Crippen molar-refractivity contribution in [2.75, 3.05) is 0 Å². The SMILES string of the molecule is NC(=O)c1ccc(-n2c(C(=O)O)ccc2-c2n[nH]c3ccc([N+](=O)[O-])cc23)c(F)c1. The Morgan fingerprint density at radius 1 is 1.17 bits per heavy atom. The molecule has 0 spiro atoms. The number of carbonyl (C=O) groups excluding carboxylic acids is 1. The third-order valence-corrected chi connectivity index (χ3v) is 4.57. The van der Waals surface area contributed by atoms with Crippen LogP contribution in [0.3, 0.4) is 0 Å². The van der Waals surface area contributed by atoms with Crippen molar-refractivity contribution in [3.8, 4) is 17.1 Å². The van der Waals surface area contributed by atoms with Crippen LogP contribution in [0.4, 0.5) is 10.1 Å². The number of aromatic amines is 1. The normalized spacial score (nSPS) is 11.0. The number of hydrogen-bond acceptors (Lipinski definition) is 5. The van der Waals surface area contributed by atoms with Crippen LogP contribution in [0.2, 0.25) is 0 Å². The molecule has 0 saturated heterocycles. The molecular formula is C19H12FN5O5. The molecule has 0 bridgehead atoms. The van der Waals surface area contributed by atoms with E-state index in [2.05, 4.69) is 10.2 Å². The second-order valence-electron chi connectivity index (χ2n) is 6.33. The van der Waals surface area contributed by atoms with Gasteiger partial charge in [0.05, 0.1) is 21.8 Å². The summed E-state index contributed by atoms with van der Waals surface area (Å²) in [5, 5.41) is 27.9. The number of nitrogens with two attached hydrogens (primary N) is 1. The second-order valence-corrected chi connectivity index (χ2v) is 6.33. The smallest absolute Gasteiger partial charge is 0.352 e. The molecule has 4 N–H and O–H groups in total. The van der Waals surface area contributed by atoms with Crippen molar-refractivity contribution in [2.24, 2.45) is 5.73 Å². The quantitative estimate of drug-likeness (QED) is 0.340. The molecule has 0 aliphatic heterocycles. The number of nitrogens with one attached hydrogen (secondary N) is 1. The number of rotatable bonds is 5. The molecule has 10 nitrogen and oxygen atoms in total. The summed E-state index contributed by atoms with van der Waals surface area (Å²) < 4.78 is 15.9. The van der Waals surface area contributed by atoms with Gasteiger partial charge in [0.25, 0.3) is 5.69 Å². The van der Waals surface area contributed by atoms with Crippen LogP contribution < -0.4 is 5.73 Å². The number of benzene rings is 2. The van der Waals surface area contributed by atoms with Crippen LogP contribution in [-0.2, 0) is 0 Å². The van der Waals surface area contributed by atoms with E-state index in [1.807, 2.05) is 0 Å². The number of carboxylic acids is 1. The number of fused-ring (bicyclic) bond motifs is 1. The van der Waals surface area contributed by atoms with E-state index in [1.165, 1.54) is 42.5 Å². The third-order valence-electron chi connectivity index (χ3n) is 4.57. The summed E-state index contributed by atoms with van der Waals surface area (Å²) in [6, 6.07) is 10.1. The molecule has 11 heteroatoms. The maximum atomic E-state index is 14.8. The Kier molecular flexibility index (Phi) is 4.27. The van der Waals surface area contributed by atoms with Crippen molar-refractivity contribution in [3.63, 3.8) is 0 Å². The minimum absolute atomic E-state index is 0.0809. The lowest BCUT2D eigenvalue weighted by Crippen LogP contribution is -2.13. The van der Waals surface area contributed by atoms with Crippen LogP contribution in [0.5, 0.6) is 0 Å². The zero-order valence-electron chi connectivity index (χ0n) is 15.0. The molecule has 150 valence electrons. The third kappa shape index (κ3) is 2.94. The molecule has 0 aliphatic carbocycles. The van der Waals surface area contributed by atoms with E-state index in [0.29, 0.717) is 10.9 Å². The number of primary amides is 1. The molecule has 0 aliphatic rings. The van der Waals surface area contributed by atoms with E-state index in [9.17, 15) is 29.2 Å². The number of halogens is 1. The number of aromatic carboxylic acids is 1. The van der Waals surface area contributed by atoms with Gasteiger partial charge in [-0.15, -0.1) is 0 Å². The molecule has 0 fully saturated rings. The van der Waals surface area contributed by atoms with Crippen molar-refractivity contribution in [1.29, 1.82) is 0 Å². The number of carboxylic acid groups (broad SMARTS) is 1. The van der Waals surface area contributed by atoms with E-state index in [1.54, 1.807) is 0 Å². The second kappa shape index (κ2) is 6.81. The summed E-state index contributed by atoms with van der Waals surface area (Å²) >= 11 is 0. The number of nitro benzene ring substituents is 1. The van der Waals surface area contributed by atoms with Crippen LogP contribution in [0.1, 0.15) is 20.8 Å². The van der Waals surface area contributed by atoms with E-state index in [4.69, 9.17) is 5.73 Å². The largest absolute Gasteiger partial charge is 0.477 e. The fraction of sp³-hybridized carbons (Fsp3) is 0. The first-order valence-corrected chi connectivity index (χ1v) is 8.45. The van der Waals surface area contributed by atoms with Gasteiger partial charge in [0.1, 0.15) is 17.2 Å². The van der Waals surface area contributed by atoms with Gasteiger partial charge in [-0.3, -0.25) is 24.6 Å². The number of nitrogens with zero attached hydrogens (tertiary/aromatic N) is 3. The zero-order valence-corrected chi connectivity index (χ0v) is 15.0. The highest BCUT2D eigenvalue weighted by molar-refractivity contribution is 5.96. The minimum Gasteiger partial charge on any atom is -0.477 e. The van der Waals surface area contributed by atoms with Crippen LogP contribution in [0.25, 0.3) is 28.0 Å². The molecule has 4 rings (SSSR count). The fourth-order valence-corrected chi connectivity index (χ4v) is 3.20. The summed E-state index contributed by atoms with van der Waals surface area (Å²) in [5.41, 5.74) is 5.33. The van der Waals surface area contributed by atoms with Gasteiger partial charge in [-0.05, 0) is 36.4 Å². The van der Waals surface area contributed by atoms with E-state index >= 15 is 0 Å². The Morgan fingerprint density at radius 2 is 1.93 bits per heavy atom. The summed E-state index contributed by atoms with van der Waals surface area (Å²) in [6.07, 6.45) is 0. The number of hydrogen-bond donors (Lipinski definition) is 3. The predicted octanol–water partition coefficient (Wildman–Crippen LogP) is 2.87. The first-order chi connectivity index (χ1) is 14.3. The lowest BCUT2D eigenvalue weighted by molar-refractivity contribution is -0.384. The van der Waals surface area contributed by atoms with Gasteiger partial charge in [-0.2, -0.15) is 5.10 Å². The maximum absolute atomic E-state index is 14.8. The van der Waals surface area contributed by atoms with E-state index < -0.39 is 22.6 Å². The Labute approximate surface area is 166 Å². The topological polar surface area (TPSA) is 157 Å². The molecule has 0 saturated carbocycles. The average Bonchev–Trinajstić information content (AvgIpc) is 3.31. The molecule has 0 radical (unpaired) electrons. The van der Waals surface area contributed by atoms with Crippen molar-refractivity contribution in [3.05, 3.63) is 75.7 Å². The van der Waals surface area contributed by atoms with Gasteiger partial charge >= 0.3 is 5.97 Å². The van der Waals surface area contributed by atoms with Crippen LogP contribution in [0, 0.1) is 15.9 Å². The van der Waals surface area contributed by atoms with Crippen LogP contribution in [0.15, 0.2) is 48.5 Å². The van der Waals surface area contributed by atoms with E-state index in [-0.39, 0.29) is 34.0 Å². The average molecular weight is 409 g/mol. The van der Waals surface area contributed by atoms with Crippen molar-refractivity contribution in [2.45, 2.75) is 0 Å². The Hall–Kier alpha value is -4.54. The Morgan fingerprint density at radius 3 is 2.57 bits per heavy atom. The monoisotopic (exact) mass is 409 g/mol. The summed E-state index contributed by atoms with van der Waals surface area (Å²) in [4.78, 5) is 33.6. The molecule has 0 unspecified atom stereocenters. The summed E-state index contributed by atoms with van der Waals surface area (Å²) in [6.45, 7) is 0. The molecule has 1 amide bonds. The summed E-state index contributed by atoms with van der Waals surface area (Å²) in [7, 11) is 0. The number of amides is 1. The predicted molar refractivity (Wildman–Crippen MR) is 103 cm³/mol. The molecule has 0 atom stereocenters. The van der Waals surface area contributed by atoms with Gasteiger partial charge in [0.15, 0.2) is 0 Å². The lowest BCUT2D eigenvalue weighted by Gasteiger charge is -2.12. The highest BCUT2D eigenvalue weighted by Gasteiger charge is 2.23. The Balaban J connectivity index is 1.99. The number of aromatic nitrogens is 3. The van der Waals surface area contributed by atoms with Crippen molar-refractivity contribution in [1.82, 2.24) is 14.8 Å². The Bertz CT molecular complexity index is 1360. The first-order valence-electron chi connectivity index (χ1n) is 8.45. The minimum atomic E-state index is -1.33. The van der Waals surface area contributed by atoms with Gasteiger partial charge in [0, 0.05) is 23.1 Å². The van der Waals surface area contributed by atoms with Gasteiger partial charge < -0.3 is 10.8 Å². The van der Waals surface area contributed by atoms with Crippen LogP contribution >= 0.6 is 0 Å².